The molecule has 0 aliphatic heterocycles. The van der Waals surface area contributed by atoms with Gasteiger partial charge in [-0.1, -0.05) is 0 Å². The van der Waals surface area contributed by atoms with Crippen LogP contribution >= 0.6 is 12.4 Å². The zero-order chi connectivity index (χ0) is 19.8. The number of nitrogens with zero attached hydrogens (tertiary/aromatic N) is 2. The molecule has 2 N–H and O–H groups in total. The van der Waals surface area contributed by atoms with E-state index >= 15 is 0 Å². The number of aryl methyl sites for hydroxylation is 1. The number of halogens is 1. The van der Waals surface area contributed by atoms with Crippen molar-refractivity contribution in [2.75, 3.05) is 33.9 Å². The van der Waals surface area contributed by atoms with Crippen molar-refractivity contribution in [3.8, 4) is 22.8 Å². The van der Waals surface area contributed by atoms with E-state index in [-0.39, 0.29) is 24.8 Å². The Labute approximate surface area is 175 Å². The number of aromatic nitrogens is 2. The predicted molar refractivity (Wildman–Crippen MR) is 114 cm³/mol. The molecule has 0 bridgehead atoms. The van der Waals surface area contributed by atoms with Gasteiger partial charge < -0.3 is 19.9 Å². The number of hydrogen-bond acceptors (Lipinski definition) is 6. The molecule has 0 fully saturated rings. The second-order valence-electron chi connectivity index (χ2n) is 6.83. The quantitative estimate of drug-likeness (QED) is 0.449. The van der Waals surface area contributed by atoms with E-state index in [1.807, 2.05) is 17.7 Å². The van der Waals surface area contributed by atoms with Crippen LogP contribution < -0.4 is 14.8 Å². The first-order valence-corrected chi connectivity index (χ1v) is 9.23. The first-order chi connectivity index (χ1) is 13.6. The summed E-state index contributed by atoms with van der Waals surface area (Å²) in [7, 11) is 3.15. The van der Waals surface area contributed by atoms with Gasteiger partial charge in [-0.3, -0.25) is 9.48 Å². The lowest BCUT2D eigenvalue weighted by atomic mass is 9.86. The van der Waals surface area contributed by atoms with Crippen molar-refractivity contribution in [3.05, 3.63) is 41.0 Å². The van der Waals surface area contributed by atoms with Gasteiger partial charge in [0.2, 0.25) is 0 Å². The maximum Gasteiger partial charge on any atom is 0.194 e. The number of benzene rings is 2. The number of methoxy groups -OCH3 is 2. The minimum Gasteiger partial charge on any atom is -0.497 e. The van der Waals surface area contributed by atoms with Gasteiger partial charge >= 0.3 is 0 Å². The van der Waals surface area contributed by atoms with Gasteiger partial charge in [0.05, 0.1) is 38.5 Å². The smallest absolute Gasteiger partial charge is 0.194 e. The molecule has 8 heteroatoms. The van der Waals surface area contributed by atoms with E-state index in [0.29, 0.717) is 47.8 Å². The van der Waals surface area contributed by atoms with E-state index in [0.717, 1.165) is 22.2 Å². The third kappa shape index (κ3) is 3.46. The highest BCUT2D eigenvalue weighted by Crippen LogP contribution is 2.45. The van der Waals surface area contributed by atoms with E-state index in [4.69, 9.17) is 19.7 Å². The summed E-state index contributed by atoms with van der Waals surface area (Å²) in [6.07, 6.45) is 0. The minimum absolute atomic E-state index is 0. The highest BCUT2D eigenvalue weighted by Gasteiger charge is 2.32. The van der Waals surface area contributed by atoms with E-state index in [1.54, 1.807) is 26.4 Å². The summed E-state index contributed by atoms with van der Waals surface area (Å²) in [6, 6.07) is 7.49. The fourth-order valence-electron chi connectivity index (χ4n) is 3.80. The Morgan fingerprint density at radius 2 is 1.90 bits per heavy atom. The molecule has 0 saturated heterocycles. The molecule has 0 atom stereocenters. The zero-order valence-corrected chi connectivity index (χ0v) is 17.4. The van der Waals surface area contributed by atoms with Gasteiger partial charge in [0, 0.05) is 35.7 Å². The number of aliphatic hydroxyl groups is 1. The van der Waals surface area contributed by atoms with Gasteiger partial charge in [0.15, 0.2) is 5.78 Å². The van der Waals surface area contributed by atoms with Gasteiger partial charge in [-0.05, 0) is 30.7 Å². The van der Waals surface area contributed by atoms with Crippen LogP contribution in [0.3, 0.4) is 0 Å². The highest BCUT2D eigenvalue weighted by molar-refractivity contribution is 6.26. The van der Waals surface area contributed by atoms with Crippen molar-refractivity contribution in [3.63, 3.8) is 0 Å². The normalized spacial score (nSPS) is 11.9. The van der Waals surface area contributed by atoms with Crippen LogP contribution in [0.5, 0.6) is 11.5 Å². The number of ether oxygens (including phenoxy) is 2. The molecule has 0 saturated carbocycles. The second kappa shape index (κ2) is 8.41. The average Bonchev–Trinajstić information content (AvgIpc) is 3.06. The Morgan fingerprint density at radius 3 is 2.59 bits per heavy atom. The van der Waals surface area contributed by atoms with Crippen LogP contribution in [0.2, 0.25) is 0 Å². The first-order valence-electron chi connectivity index (χ1n) is 9.23. The predicted octanol–water partition coefficient (Wildman–Crippen LogP) is 2.58. The molecule has 0 spiro atoms. The third-order valence-corrected chi connectivity index (χ3v) is 5.04. The van der Waals surface area contributed by atoms with Gasteiger partial charge in [-0.2, -0.15) is 5.10 Å². The van der Waals surface area contributed by atoms with Crippen LogP contribution in [0.1, 0.15) is 21.5 Å². The number of carbonyl (C=O) groups excluding carboxylic acids is 1. The molecule has 1 aliphatic carbocycles. The highest BCUT2D eigenvalue weighted by atomic mass is 35.5. The van der Waals surface area contributed by atoms with E-state index in [9.17, 15) is 4.79 Å². The molecule has 7 nitrogen and oxygen atoms in total. The topological polar surface area (TPSA) is 85.6 Å². The average molecular weight is 418 g/mol. The third-order valence-electron chi connectivity index (χ3n) is 5.04. The summed E-state index contributed by atoms with van der Waals surface area (Å²) in [5, 5.41) is 17.8. The number of nitrogens with one attached hydrogen (secondary N) is 1. The summed E-state index contributed by atoms with van der Waals surface area (Å²) >= 11 is 0. The molecule has 29 heavy (non-hydrogen) atoms. The van der Waals surface area contributed by atoms with Crippen molar-refractivity contribution in [2.45, 2.75) is 13.5 Å². The van der Waals surface area contributed by atoms with E-state index < -0.39 is 0 Å². The Kier molecular flexibility index (Phi) is 6.12. The van der Waals surface area contributed by atoms with Crippen molar-refractivity contribution in [1.82, 2.24) is 15.1 Å². The van der Waals surface area contributed by atoms with Gasteiger partial charge in [-0.25, -0.2) is 0 Å². The van der Waals surface area contributed by atoms with Crippen LogP contribution in [0.25, 0.3) is 22.2 Å². The second-order valence-corrected chi connectivity index (χ2v) is 6.83. The van der Waals surface area contributed by atoms with Crippen LogP contribution in [0, 0.1) is 6.92 Å². The van der Waals surface area contributed by atoms with Crippen molar-refractivity contribution in [2.24, 2.45) is 0 Å². The number of fused-ring (bicyclic) bond motifs is 2. The van der Waals surface area contributed by atoms with Crippen molar-refractivity contribution < 1.29 is 19.4 Å². The SMILES string of the molecule is COc1cc(OC)c2c(c1)C(=O)c1cc(C)cc3c1c-2nn3CCNCCO.Cl. The Balaban J connectivity index is 0.00000240. The molecular weight excluding hydrogens is 394 g/mol. The fraction of sp³-hybridized carbons (Fsp3) is 0.333. The van der Waals surface area contributed by atoms with Gasteiger partial charge in [0.25, 0.3) is 0 Å². The lowest BCUT2D eigenvalue weighted by Crippen LogP contribution is -2.23. The maximum atomic E-state index is 13.3. The lowest BCUT2D eigenvalue weighted by molar-refractivity contribution is 0.103. The van der Waals surface area contributed by atoms with Crippen LogP contribution in [0.4, 0.5) is 0 Å². The van der Waals surface area contributed by atoms with Crippen LogP contribution in [-0.2, 0) is 6.54 Å². The molecular formula is C21H24ClN3O4. The van der Waals surface area contributed by atoms with Crippen molar-refractivity contribution in [1.29, 1.82) is 0 Å². The molecule has 3 aromatic rings. The monoisotopic (exact) mass is 417 g/mol. The number of ketones is 1. The minimum atomic E-state index is -0.0497. The maximum absolute atomic E-state index is 13.3. The molecule has 154 valence electrons. The molecule has 0 unspecified atom stereocenters. The molecule has 1 heterocycles. The molecule has 1 aromatic heterocycles. The molecule has 1 aliphatic rings. The van der Waals surface area contributed by atoms with Crippen LogP contribution in [0.15, 0.2) is 24.3 Å². The van der Waals surface area contributed by atoms with E-state index in [2.05, 4.69) is 11.4 Å². The van der Waals surface area contributed by atoms with Gasteiger partial charge in [0.1, 0.15) is 17.2 Å². The number of carbonyl (C=O) groups is 1. The summed E-state index contributed by atoms with van der Waals surface area (Å²) in [4.78, 5) is 13.3. The standard InChI is InChI=1S/C21H23N3O4.ClH/c1-12-8-14-18-16(9-12)24(6-4-22-5-7-25)23-20(18)19-15(21(14)26)10-13(27-2)11-17(19)28-3;/h8-11,22,25H,4-7H2,1-3H3;1H. The number of rotatable bonds is 7. The number of aliphatic hydroxyl groups excluding tert-OH is 1. The number of hydrogen-bond donors (Lipinski definition) is 2. The largest absolute Gasteiger partial charge is 0.497 e. The van der Waals surface area contributed by atoms with Crippen LogP contribution in [-0.4, -0.2) is 54.6 Å². The molecule has 0 amide bonds. The van der Waals surface area contributed by atoms with Gasteiger partial charge in [-0.15, -0.1) is 12.4 Å². The van der Waals surface area contributed by atoms with E-state index in [1.165, 1.54) is 0 Å². The first kappa shape index (κ1) is 21.1. The Morgan fingerprint density at radius 1 is 1.10 bits per heavy atom. The lowest BCUT2D eigenvalue weighted by Gasteiger charge is -2.19. The fourth-order valence-corrected chi connectivity index (χ4v) is 3.80. The summed E-state index contributed by atoms with van der Waals surface area (Å²) in [5.41, 5.74) is 4.58. The Hall–Kier alpha value is -2.61. The molecule has 2 aromatic carbocycles. The molecule has 0 radical (unpaired) electrons. The molecule has 4 rings (SSSR count). The summed E-state index contributed by atoms with van der Waals surface area (Å²) in [6.45, 7) is 3.90. The van der Waals surface area contributed by atoms with Crippen molar-refractivity contribution >= 4 is 29.1 Å². The Bertz CT molecular complexity index is 1080. The summed E-state index contributed by atoms with van der Waals surface area (Å²) < 4.78 is 12.8. The zero-order valence-electron chi connectivity index (χ0n) is 16.6. The summed E-state index contributed by atoms with van der Waals surface area (Å²) in [5.74, 6) is 1.09.